The van der Waals surface area contributed by atoms with Crippen molar-refractivity contribution < 1.29 is 5.11 Å². The van der Waals surface area contributed by atoms with Crippen molar-refractivity contribution in [1.82, 2.24) is 0 Å². The first kappa shape index (κ1) is 16.0. The Kier molecular flexibility index (Phi) is 4.99. The molecule has 3 aromatic rings. The van der Waals surface area contributed by atoms with Crippen LogP contribution < -0.4 is 10.7 Å². The molecule has 1 N–H and O–H groups in total. The minimum absolute atomic E-state index is 0.0226. The van der Waals surface area contributed by atoms with Crippen LogP contribution in [0.5, 0.6) is 0 Å². The van der Waals surface area contributed by atoms with Crippen LogP contribution in [-0.4, -0.2) is 30.1 Å². The number of hydrogen-bond donors (Lipinski definition) is 1. The van der Waals surface area contributed by atoms with Gasteiger partial charge in [0.15, 0.2) is 0 Å². The maximum absolute atomic E-state index is 10.0. The number of benzene rings is 3. The Morgan fingerprint density at radius 2 is 0.957 bits per heavy atom. The van der Waals surface area contributed by atoms with Crippen molar-refractivity contribution in [2.75, 3.05) is 6.61 Å². The van der Waals surface area contributed by atoms with E-state index >= 15 is 0 Å². The average Bonchev–Trinajstić information content (AvgIpc) is 2.65. The molecule has 0 heterocycles. The molecular weight excluding hydrogens is 387 g/mol. The molecule has 0 bridgehead atoms. The Balaban J connectivity index is 2.38. The molecule has 1 nitrogen and oxygen atoms in total. The third kappa shape index (κ3) is 2.87. The van der Waals surface area contributed by atoms with Crippen LogP contribution >= 0.6 is 0 Å². The van der Waals surface area contributed by atoms with Crippen LogP contribution in [0.2, 0.25) is 0 Å². The van der Waals surface area contributed by atoms with E-state index in [1.165, 1.54) is 10.7 Å². The number of aliphatic hydroxyl groups is 1. The van der Waals surface area contributed by atoms with E-state index in [2.05, 4.69) is 79.4 Å². The molecule has 0 saturated carbocycles. The van der Waals surface area contributed by atoms with Crippen LogP contribution in [0.4, 0.5) is 0 Å². The summed E-state index contributed by atoms with van der Waals surface area (Å²) in [5.74, 6) is 0. The van der Waals surface area contributed by atoms with Crippen LogP contribution in [0.25, 0.3) is 0 Å². The fourth-order valence-electron chi connectivity index (χ4n) is 3.30. The molecule has 0 saturated heterocycles. The zero-order valence-electron chi connectivity index (χ0n) is 13.0. The van der Waals surface area contributed by atoms with E-state index in [0.717, 1.165) is 3.59 Å². The van der Waals surface area contributed by atoms with E-state index < -0.39 is 18.4 Å². The second kappa shape index (κ2) is 7.15. The normalized spacial score (nSPS) is 11.2. The van der Waals surface area contributed by atoms with E-state index in [-0.39, 0.29) is 6.61 Å². The fourth-order valence-corrected chi connectivity index (χ4v) is 16.3. The minimum atomic E-state index is -3.45. The molecule has 0 aliphatic heterocycles. The summed E-state index contributed by atoms with van der Waals surface area (Å²) >= 11 is -3.45. The molecule has 0 spiro atoms. The third-order valence-corrected chi connectivity index (χ3v) is 18.1. The van der Waals surface area contributed by atoms with Gasteiger partial charge in [0.1, 0.15) is 0 Å². The van der Waals surface area contributed by atoms with Crippen molar-refractivity contribution >= 4 is 29.1 Å². The van der Waals surface area contributed by atoms with Crippen molar-refractivity contribution in [2.24, 2.45) is 0 Å². The Bertz CT molecular complexity index is 670. The first-order chi connectivity index (χ1) is 11.3. The molecular formula is C21H20OSn. The molecule has 3 rings (SSSR count). The van der Waals surface area contributed by atoms with Gasteiger partial charge in [-0.05, 0) is 0 Å². The van der Waals surface area contributed by atoms with E-state index in [1.54, 1.807) is 0 Å². The summed E-state index contributed by atoms with van der Waals surface area (Å²) in [4.78, 5) is 0. The predicted molar refractivity (Wildman–Crippen MR) is 100 cm³/mol. The Morgan fingerprint density at radius 3 is 1.22 bits per heavy atom. The SMILES string of the molecule is C=[C](CO)[Sn]([c]1ccccc1)([c]1ccccc1)[c]1ccccc1. The topological polar surface area (TPSA) is 20.2 Å². The monoisotopic (exact) mass is 408 g/mol. The van der Waals surface area contributed by atoms with Gasteiger partial charge in [-0.25, -0.2) is 0 Å². The van der Waals surface area contributed by atoms with Crippen LogP contribution in [0, 0.1) is 0 Å². The van der Waals surface area contributed by atoms with Gasteiger partial charge in [-0.1, -0.05) is 0 Å². The Hall–Kier alpha value is -1.84. The van der Waals surface area contributed by atoms with Gasteiger partial charge in [0, 0.05) is 0 Å². The van der Waals surface area contributed by atoms with Gasteiger partial charge in [-0.3, -0.25) is 0 Å². The molecule has 0 amide bonds. The van der Waals surface area contributed by atoms with E-state index in [0.29, 0.717) is 0 Å². The summed E-state index contributed by atoms with van der Waals surface area (Å²) in [6.07, 6.45) is 0. The van der Waals surface area contributed by atoms with E-state index in [4.69, 9.17) is 0 Å². The fraction of sp³-hybridized carbons (Fsp3) is 0.0476. The van der Waals surface area contributed by atoms with Crippen LogP contribution in [-0.2, 0) is 0 Å². The van der Waals surface area contributed by atoms with Crippen molar-refractivity contribution in [3.63, 3.8) is 0 Å². The molecule has 0 fully saturated rings. The molecule has 114 valence electrons. The first-order valence-electron chi connectivity index (χ1n) is 7.76. The summed E-state index contributed by atoms with van der Waals surface area (Å²) in [7, 11) is 0. The average molecular weight is 407 g/mol. The standard InChI is InChI=1S/3C6H5.C3H5O.Sn/c3*1-2-4-6-5-3-1;1-2-3-4;/h3*1-5H;4H,1,3H2;. The zero-order valence-corrected chi connectivity index (χ0v) is 15.9. The number of aliphatic hydroxyl groups excluding tert-OH is 1. The van der Waals surface area contributed by atoms with Crippen molar-refractivity contribution in [3.8, 4) is 0 Å². The number of rotatable bonds is 5. The Labute approximate surface area is 141 Å². The van der Waals surface area contributed by atoms with Crippen LogP contribution in [0.15, 0.2) is 101 Å². The summed E-state index contributed by atoms with van der Waals surface area (Å²) in [6.45, 7) is 4.34. The third-order valence-electron chi connectivity index (χ3n) is 4.34. The van der Waals surface area contributed by atoms with Gasteiger partial charge < -0.3 is 0 Å². The summed E-state index contributed by atoms with van der Waals surface area (Å²) in [5.41, 5.74) is 0. The summed E-state index contributed by atoms with van der Waals surface area (Å²) < 4.78 is 4.93. The molecule has 2 heteroatoms. The zero-order chi connectivity index (χ0) is 16.1. The molecule has 0 atom stereocenters. The summed E-state index contributed by atoms with van der Waals surface area (Å²) in [5, 5.41) is 10.0. The summed E-state index contributed by atoms with van der Waals surface area (Å²) in [6, 6.07) is 31.8. The molecule has 23 heavy (non-hydrogen) atoms. The maximum atomic E-state index is 10.0. The second-order valence-electron chi connectivity index (χ2n) is 5.61. The molecule has 0 aliphatic carbocycles. The molecule has 0 aromatic heterocycles. The Morgan fingerprint density at radius 1 is 0.652 bits per heavy atom. The van der Waals surface area contributed by atoms with Gasteiger partial charge in [0.2, 0.25) is 0 Å². The molecule has 3 aromatic carbocycles. The van der Waals surface area contributed by atoms with Crippen LogP contribution in [0.1, 0.15) is 0 Å². The molecule has 0 radical (unpaired) electrons. The first-order valence-corrected chi connectivity index (χ1v) is 13.5. The van der Waals surface area contributed by atoms with Gasteiger partial charge in [0.25, 0.3) is 0 Å². The van der Waals surface area contributed by atoms with Gasteiger partial charge >= 0.3 is 142 Å². The van der Waals surface area contributed by atoms with Gasteiger partial charge in [-0.15, -0.1) is 0 Å². The number of hydrogen-bond acceptors (Lipinski definition) is 1. The van der Waals surface area contributed by atoms with Gasteiger partial charge in [0.05, 0.1) is 0 Å². The van der Waals surface area contributed by atoms with Crippen molar-refractivity contribution in [1.29, 1.82) is 0 Å². The van der Waals surface area contributed by atoms with Gasteiger partial charge in [-0.2, -0.15) is 0 Å². The second-order valence-corrected chi connectivity index (χ2v) is 16.9. The van der Waals surface area contributed by atoms with E-state index in [1.807, 2.05) is 18.2 Å². The van der Waals surface area contributed by atoms with Crippen LogP contribution in [0.3, 0.4) is 0 Å². The molecule has 0 unspecified atom stereocenters. The predicted octanol–water partition coefficient (Wildman–Crippen LogP) is 2.24. The van der Waals surface area contributed by atoms with Crippen molar-refractivity contribution in [2.45, 2.75) is 0 Å². The quantitative estimate of drug-likeness (QED) is 0.644. The molecule has 0 aliphatic rings. The van der Waals surface area contributed by atoms with Crippen molar-refractivity contribution in [3.05, 3.63) is 101 Å². The van der Waals surface area contributed by atoms with E-state index in [9.17, 15) is 5.11 Å².